The van der Waals surface area contributed by atoms with Gasteiger partial charge >= 0.3 is 6.09 Å². The first-order valence-corrected chi connectivity index (χ1v) is 12.6. The highest BCUT2D eigenvalue weighted by Gasteiger charge is 2.38. The predicted molar refractivity (Wildman–Crippen MR) is 139 cm³/mol. The molecule has 2 unspecified atom stereocenters. The number of hydrogen-bond acceptors (Lipinski definition) is 6. The van der Waals surface area contributed by atoms with Crippen LogP contribution in [0.25, 0.3) is 0 Å². The van der Waals surface area contributed by atoms with E-state index in [1.807, 2.05) is 0 Å². The number of amides is 4. The van der Waals surface area contributed by atoms with E-state index in [0.29, 0.717) is 5.56 Å². The zero-order valence-electron chi connectivity index (χ0n) is 22.2. The summed E-state index contributed by atoms with van der Waals surface area (Å²) in [5, 5.41) is 16.3. The monoisotopic (exact) mass is 516 g/mol. The van der Waals surface area contributed by atoms with Gasteiger partial charge in [-0.3, -0.25) is 14.4 Å². The highest BCUT2D eigenvalue weighted by Crippen LogP contribution is 2.33. The number of aryl methyl sites for hydroxylation is 1. The van der Waals surface area contributed by atoms with E-state index in [1.165, 1.54) is 11.0 Å². The van der Waals surface area contributed by atoms with Crippen LogP contribution in [0.2, 0.25) is 0 Å². The molecule has 1 aliphatic rings. The van der Waals surface area contributed by atoms with E-state index in [0.717, 1.165) is 32.1 Å². The van der Waals surface area contributed by atoms with Crippen LogP contribution in [0.15, 0.2) is 30.9 Å². The number of para-hydroxylation sites is 1. The molecule has 0 bridgehead atoms. The highest BCUT2D eigenvalue weighted by molar-refractivity contribution is 5.95. The summed E-state index contributed by atoms with van der Waals surface area (Å²) in [6.45, 7) is 10.3. The van der Waals surface area contributed by atoms with Crippen LogP contribution in [0.5, 0.6) is 5.75 Å². The van der Waals surface area contributed by atoms with Crippen LogP contribution < -0.4 is 16.4 Å². The normalized spacial score (nSPS) is 15.7. The van der Waals surface area contributed by atoms with Gasteiger partial charge in [0.1, 0.15) is 23.4 Å². The molecule has 10 heteroatoms. The molecule has 0 radical (unpaired) electrons. The first kappa shape index (κ1) is 29.7. The number of phenols is 1. The van der Waals surface area contributed by atoms with Gasteiger partial charge in [0.2, 0.25) is 17.7 Å². The van der Waals surface area contributed by atoms with E-state index < -0.39 is 47.9 Å². The smallest absolute Gasteiger partial charge is 0.408 e. The SMILES string of the molecule is C=CCN(C(=O)C(CC(N)=O)NC(=O)OC(C)(C)C)C(C(=O)NC1CCCCC1)c1cccc(C)c1O. The van der Waals surface area contributed by atoms with Gasteiger partial charge in [-0.1, -0.05) is 43.5 Å². The molecular formula is C27H40N4O6. The lowest BCUT2D eigenvalue weighted by Crippen LogP contribution is -2.54. The molecule has 0 spiro atoms. The van der Waals surface area contributed by atoms with Crippen molar-refractivity contribution in [1.29, 1.82) is 0 Å². The molecule has 2 atom stereocenters. The molecule has 0 aromatic heterocycles. The minimum Gasteiger partial charge on any atom is -0.507 e. The zero-order chi connectivity index (χ0) is 27.8. The number of aromatic hydroxyl groups is 1. The summed E-state index contributed by atoms with van der Waals surface area (Å²) in [4.78, 5) is 53.0. The summed E-state index contributed by atoms with van der Waals surface area (Å²) in [6.07, 6.45) is 4.72. The molecule has 37 heavy (non-hydrogen) atoms. The molecule has 1 fully saturated rings. The van der Waals surface area contributed by atoms with Gasteiger partial charge in [0.25, 0.3) is 0 Å². The number of primary amides is 1. The molecule has 4 amide bonds. The number of carbonyl (C=O) groups excluding carboxylic acids is 4. The molecule has 2 rings (SSSR count). The third-order valence-electron chi connectivity index (χ3n) is 6.08. The second kappa shape index (κ2) is 13.1. The maximum absolute atomic E-state index is 13.8. The van der Waals surface area contributed by atoms with E-state index >= 15 is 0 Å². The number of phenolic OH excluding ortho intramolecular Hbond substituents is 1. The van der Waals surface area contributed by atoms with Crippen LogP contribution >= 0.6 is 0 Å². The van der Waals surface area contributed by atoms with Crippen molar-refractivity contribution in [3.8, 4) is 5.75 Å². The molecular weight excluding hydrogens is 476 g/mol. The van der Waals surface area contributed by atoms with Crippen molar-refractivity contribution in [2.75, 3.05) is 6.54 Å². The molecule has 1 saturated carbocycles. The number of ether oxygens (including phenoxy) is 1. The summed E-state index contributed by atoms with van der Waals surface area (Å²) in [5.41, 5.74) is 5.28. The molecule has 10 nitrogen and oxygen atoms in total. The van der Waals surface area contributed by atoms with E-state index in [-0.39, 0.29) is 23.9 Å². The van der Waals surface area contributed by atoms with Gasteiger partial charge in [0.05, 0.1) is 6.42 Å². The molecule has 1 aromatic carbocycles. The average molecular weight is 517 g/mol. The van der Waals surface area contributed by atoms with Gasteiger partial charge in [-0.05, 0) is 46.1 Å². The van der Waals surface area contributed by atoms with E-state index in [9.17, 15) is 24.3 Å². The van der Waals surface area contributed by atoms with Crippen molar-refractivity contribution in [2.45, 2.75) is 89.9 Å². The fourth-order valence-corrected chi connectivity index (χ4v) is 4.39. The van der Waals surface area contributed by atoms with E-state index in [4.69, 9.17) is 10.5 Å². The summed E-state index contributed by atoms with van der Waals surface area (Å²) in [7, 11) is 0. The second-order valence-corrected chi connectivity index (χ2v) is 10.4. The van der Waals surface area contributed by atoms with Crippen molar-refractivity contribution in [3.63, 3.8) is 0 Å². The molecule has 0 aliphatic heterocycles. The number of alkyl carbamates (subject to hydrolysis) is 1. The number of nitrogens with two attached hydrogens (primary N) is 1. The van der Waals surface area contributed by atoms with Crippen molar-refractivity contribution in [1.82, 2.24) is 15.5 Å². The summed E-state index contributed by atoms with van der Waals surface area (Å²) < 4.78 is 5.26. The Labute approximate surface area is 218 Å². The van der Waals surface area contributed by atoms with Crippen molar-refractivity contribution < 1.29 is 29.0 Å². The first-order valence-electron chi connectivity index (χ1n) is 12.6. The average Bonchev–Trinajstić information content (AvgIpc) is 2.79. The molecule has 0 saturated heterocycles. The Hall–Kier alpha value is -3.56. The fourth-order valence-electron chi connectivity index (χ4n) is 4.39. The molecule has 0 heterocycles. The van der Waals surface area contributed by atoms with Crippen LogP contribution in [0.4, 0.5) is 4.79 Å². The fraction of sp³-hybridized carbons (Fsp3) is 0.556. The number of hydrogen-bond donors (Lipinski definition) is 4. The number of nitrogens with one attached hydrogen (secondary N) is 2. The lowest BCUT2D eigenvalue weighted by Gasteiger charge is -2.35. The molecule has 204 valence electrons. The van der Waals surface area contributed by atoms with Gasteiger partial charge in [-0.25, -0.2) is 4.79 Å². The summed E-state index contributed by atoms with van der Waals surface area (Å²) in [5.74, 6) is -2.17. The van der Waals surface area contributed by atoms with Gasteiger partial charge in [-0.15, -0.1) is 6.58 Å². The van der Waals surface area contributed by atoms with Crippen molar-refractivity contribution >= 4 is 23.8 Å². The molecule has 5 N–H and O–H groups in total. The van der Waals surface area contributed by atoms with Gasteiger partial charge < -0.3 is 31.1 Å². The Morgan fingerprint density at radius 1 is 1.22 bits per heavy atom. The van der Waals surface area contributed by atoms with E-state index in [1.54, 1.807) is 45.9 Å². The Bertz CT molecular complexity index is 997. The third kappa shape index (κ3) is 8.80. The lowest BCUT2D eigenvalue weighted by molar-refractivity contribution is -0.143. The summed E-state index contributed by atoms with van der Waals surface area (Å²) >= 11 is 0. The Morgan fingerprint density at radius 3 is 2.43 bits per heavy atom. The predicted octanol–water partition coefficient (Wildman–Crippen LogP) is 2.97. The number of nitrogens with zero attached hydrogens (tertiary/aromatic N) is 1. The lowest BCUT2D eigenvalue weighted by atomic mass is 9.94. The minimum atomic E-state index is -1.40. The van der Waals surface area contributed by atoms with Crippen molar-refractivity contribution in [2.24, 2.45) is 5.73 Å². The summed E-state index contributed by atoms with van der Waals surface area (Å²) in [6, 6.07) is 2.24. The number of rotatable bonds is 10. The number of benzene rings is 1. The van der Waals surface area contributed by atoms with Crippen LogP contribution in [-0.4, -0.2) is 58.1 Å². The highest BCUT2D eigenvalue weighted by atomic mass is 16.6. The van der Waals surface area contributed by atoms with Crippen LogP contribution in [0.3, 0.4) is 0 Å². The second-order valence-electron chi connectivity index (χ2n) is 10.4. The number of carbonyl (C=O) groups is 4. The van der Waals surface area contributed by atoms with E-state index in [2.05, 4.69) is 17.2 Å². The Balaban J connectivity index is 2.49. The third-order valence-corrected chi connectivity index (χ3v) is 6.08. The topological polar surface area (TPSA) is 151 Å². The largest absolute Gasteiger partial charge is 0.507 e. The Morgan fingerprint density at radius 2 is 1.86 bits per heavy atom. The quantitative estimate of drug-likeness (QED) is 0.351. The van der Waals surface area contributed by atoms with Gasteiger partial charge in [-0.2, -0.15) is 0 Å². The maximum Gasteiger partial charge on any atom is 0.408 e. The standard InChI is InChI=1S/C27H40N4O6/c1-6-15-31(25(35)20(16-21(28)32)30-26(36)37-27(3,4)5)22(19-14-10-11-17(2)23(19)33)24(34)29-18-12-8-7-9-13-18/h6,10-11,14,18,20,22,33H,1,7-9,12-13,15-16H2,2-5H3,(H2,28,32)(H,29,34)(H,30,36). The molecule has 1 aliphatic carbocycles. The van der Waals surface area contributed by atoms with Crippen LogP contribution in [0.1, 0.15) is 76.5 Å². The first-order chi connectivity index (χ1) is 17.3. The Kier molecular flexibility index (Phi) is 10.5. The van der Waals surface area contributed by atoms with Crippen molar-refractivity contribution in [3.05, 3.63) is 42.0 Å². The zero-order valence-corrected chi connectivity index (χ0v) is 22.2. The molecule has 1 aromatic rings. The van der Waals surface area contributed by atoms with Gasteiger partial charge in [0.15, 0.2) is 0 Å². The van der Waals surface area contributed by atoms with Crippen LogP contribution in [-0.2, 0) is 19.1 Å². The van der Waals surface area contributed by atoms with Crippen LogP contribution in [0, 0.1) is 6.92 Å². The minimum absolute atomic E-state index is 0.0577. The van der Waals surface area contributed by atoms with Gasteiger partial charge in [0, 0.05) is 18.2 Å². The maximum atomic E-state index is 13.8.